The number of benzene rings is 1. The lowest BCUT2D eigenvalue weighted by Crippen LogP contribution is -2.39. The molecular formula is C17H23N3O2S. The van der Waals surface area contributed by atoms with E-state index in [1.165, 1.54) is 0 Å². The molecule has 1 fully saturated rings. The zero-order valence-electron chi connectivity index (χ0n) is 13.9. The minimum atomic E-state index is -3.43. The molecule has 0 saturated carbocycles. The summed E-state index contributed by atoms with van der Waals surface area (Å²) in [6.07, 6.45) is 5.31. The van der Waals surface area contributed by atoms with Gasteiger partial charge in [-0.3, -0.25) is 4.68 Å². The van der Waals surface area contributed by atoms with Crippen LogP contribution in [0.5, 0.6) is 0 Å². The summed E-state index contributed by atoms with van der Waals surface area (Å²) in [5.74, 6) is 0. The molecule has 0 spiro atoms. The van der Waals surface area contributed by atoms with E-state index in [1.807, 2.05) is 49.8 Å². The van der Waals surface area contributed by atoms with Crippen molar-refractivity contribution in [3.63, 3.8) is 0 Å². The molecule has 23 heavy (non-hydrogen) atoms. The molecule has 5 nitrogen and oxygen atoms in total. The Morgan fingerprint density at radius 3 is 2.22 bits per heavy atom. The monoisotopic (exact) mass is 333 g/mol. The fourth-order valence-corrected chi connectivity index (χ4v) is 5.43. The van der Waals surface area contributed by atoms with Crippen LogP contribution in [-0.2, 0) is 10.0 Å². The van der Waals surface area contributed by atoms with Crippen LogP contribution in [0.15, 0.2) is 35.5 Å². The summed E-state index contributed by atoms with van der Waals surface area (Å²) in [5, 5.41) is 4.27. The molecule has 0 N–H and O–H groups in total. The standard InChI is InChI=1S/C17H23N3O2S/c1-13-11-14(2)17(15(3)12-13)23(21,22)19-9-5-16(6-10-19)20-8-4-7-18-20/h4,7-8,11-12,16H,5-6,9-10H2,1-3H3. The Morgan fingerprint density at radius 2 is 1.70 bits per heavy atom. The van der Waals surface area contributed by atoms with E-state index in [-0.39, 0.29) is 6.04 Å². The summed E-state index contributed by atoms with van der Waals surface area (Å²) in [4.78, 5) is 0.473. The average molecular weight is 333 g/mol. The Bertz CT molecular complexity index is 766. The molecule has 0 aliphatic carbocycles. The first-order valence-corrected chi connectivity index (χ1v) is 9.41. The molecule has 124 valence electrons. The number of rotatable bonds is 3. The Labute approximate surface area is 138 Å². The fraction of sp³-hybridized carbons (Fsp3) is 0.471. The van der Waals surface area contributed by atoms with Crippen LogP contribution in [0.4, 0.5) is 0 Å². The van der Waals surface area contributed by atoms with Crippen LogP contribution in [-0.4, -0.2) is 35.6 Å². The first kappa shape index (κ1) is 16.2. The zero-order valence-corrected chi connectivity index (χ0v) is 14.7. The maximum atomic E-state index is 13.0. The third kappa shape index (κ3) is 3.05. The Balaban J connectivity index is 1.82. The summed E-state index contributed by atoms with van der Waals surface area (Å²) in [7, 11) is -3.43. The molecular weight excluding hydrogens is 310 g/mol. The molecule has 0 atom stereocenters. The molecule has 2 aromatic rings. The fourth-order valence-electron chi connectivity index (χ4n) is 3.55. The quantitative estimate of drug-likeness (QED) is 0.868. The number of piperidine rings is 1. The average Bonchev–Trinajstić information content (AvgIpc) is 3.00. The summed E-state index contributed by atoms with van der Waals surface area (Å²) < 4.78 is 29.6. The number of hydrogen-bond acceptors (Lipinski definition) is 3. The molecule has 0 bridgehead atoms. The van der Waals surface area contributed by atoms with E-state index in [1.54, 1.807) is 10.5 Å². The van der Waals surface area contributed by atoms with Gasteiger partial charge in [0.05, 0.1) is 10.9 Å². The van der Waals surface area contributed by atoms with Crippen LogP contribution in [0.2, 0.25) is 0 Å². The zero-order chi connectivity index (χ0) is 16.6. The van der Waals surface area contributed by atoms with Crippen LogP contribution in [0.25, 0.3) is 0 Å². The van der Waals surface area contributed by atoms with Crippen molar-refractivity contribution < 1.29 is 8.42 Å². The summed E-state index contributed by atoms with van der Waals surface area (Å²) in [6, 6.07) is 6.08. The minimum absolute atomic E-state index is 0.289. The van der Waals surface area contributed by atoms with E-state index in [0.29, 0.717) is 18.0 Å². The van der Waals surface area contributed by atoms with E-state index in [0.717, 1.165) is 29.5 Å². The largest absolute Gasteiger partial charge is 0.270 e. The van der Waals surface area contributed by atoms with Gasteiger partial charge in [-0.25, -0.2) is 8.42 Å². The Kier molecular flexibility index (Phi) is 4.29. The summed E-state index contributed by atoms with van der Waals surface area (Å²) >= 11 is 0. The highest BCUT2D eigenvalue weighted by Gasteiger charge is 2.32. The third-order valence-electron chi connectivity index (χ3n) is 4.52. The number of aryl methyl sites for hydroxylation is 3. The summed E-state index contributed by atoms with van der Waals surface area (Å²) in [5.41, 5.74) is 2.75. The molecule has 1 aromatic heterocycles. The lowest BCUT2D eigenvalue weighted by molar-refractivity contribution is 0.261. The van der Waals surface area contributed by atoms with Crippen molar-refractivity contribution in [2.45, 2.75) is 44.6 Å². The number of aromatic nitrogens is 2. The highest BCUT2D eigenvalue weighted by molar-refractivity contribution is 7.89. The highest BCUT2D eigenvalue weighted by Crippen LogP contribution is 2.29. The van der Waals surface area contributed by atoms with Crippen molar-refractivity contribution in [1.82, 2.24) is 14.1 Å². The second-order valence-corrected chi connectivity index (χ2v) is 8.22. The van der Waals surface area contributed by atoms with E-state index in [9.17, 15) is 8.42 Å². The van der Waals surface area contributed by atoms with Gasteiger partial charge in [-0.1, -0.05) is 17.7 Å². The van der Waals surface area contributed by atoms with E-state index in [2.05, 4.69) is 5.10 Å². The van der Waals surface area contributed by atoms with Gasteiger partial charge in [0.1, 0.15) is 0 Å². The number of nitrogens with zero attached hydrogens (tertiary/aromatic N) is 3. The molecule has 2 heterocycles. The van der Waals surface area contributed by atoms with Gasteiger partial charge < -0.3 is 0 Å². The van der Waals surface area contributed by atoms with Crippen molar-refractivity contribution in [2.24, 2.45) is 0 Å². The van der Waals surface area contributed by atoms with Gasteiger partial charge in [-0.2, -0.15) is 9.40 Å². The van der Waals surface area contributed by atoms with Crippen molar-refractivity contribution in [3.8, 4) is 0 Å². The molecule has 6 heteroatoms. The van der Waals surface area contributed by atoms with E-state index < -0.39 is 10.0 Å². The topological polar surface area (TPSA) is 55.2 Å². The van der Waals surface area contributed by atoms with Gasteiger partial charge in [-0.05, 0) is 50.8 Å². The molecule has 0 unspecified atom stereocenters. The van der Waals surface area contributed by atoms with Crippen molar-refractivity contribution >= 4 is 10.0 Å². The maximum absolute atomic E-state index is 13.0. The molecule has 1 saturated heterocycles. The predicted octanol–water partition coefficient (Wildman–Crippen LogP) is 2.83. The smallest absolute Gasteiger partial charge is 0.243 e. The first-order chi connectivity index (χ1) is 10.9. The van der Waals surface area contributed by atoms with Gasteiger partial charge in [0.25, 0.3) is 0 Å². The van der Waals surface area contributed by atoms with Gasteiger partial charge in [-0.15, -0.1) is 0 Å². The lowest BCUT2D eigenvalue weighted by Gasteiger charge is -2.32. The second-order valence-electron chi connectivity index (χ2n) is 6.35. The molecule has 1 aromatic carbocycles. The predicted molar refractivity (Wildman–Crippen MR) is 89.9 cm³/mol. The van der Waals surface area contributed by atoms with Gasteiger partial charge in [0.15, 0.2) is 0 Å². The molecule has 1 aliphatic rings. The van der Waals surface area contributed by atoms with Gasteiger partial charge >= 0.3 is 0 Å². The van der Waals surface area contributed by atoms with Gasteiger partial charge in [0, 0.05) is 25.5 Å². The van der Waals surface area contributed by atoms with Crippen LogP contribution in [0, 0.1) is 20.8 Å². The Morgan fingerprint density at radius 1 is 1.09 bits per heavy atom. The molecule has 0 radical (unpaired) electrons. The van der Waals surface area contributed by atoms with Crippen LogP contribution in [0.3, 0.4) is 0 Å². The van der Waals surface area contributed by atoms with E-state index >= 15 is 0 Å². The molecule has 3 rings (SSSR count). The number of hydrogen-bond donors (Lipinski definition) is 0. The van der Waals surface area contributed by atoms with E-state index in [4.69, 9.17) is 0 Å². The molecule has 0 amide bonds. The SMILES string of the molecule is Cc1cc(C)c(S(=O)(=O)N2CCC(n3cccn3)CC2)c(C)c1. The first-order valence-electron chi connectivity index (χ1n) is 7.96. The van der Waals surface area contributed by atoms with Crippen LogP contribution < -0.4 is 0 Å². The third-order valence-corrected chi connectivity index (χ3v) is 6.73. The lowest BCUT2D eigenvalue weighted by atomic mass is 10.1. The molecule has 1 aliphatic heterocycles. The van der Waals surface area contributed by atoms with Crippen LogP contribution in [0.1, 0.15) is 35.6 Å². The maximum Gasteiger partial charge on any atom is 0.243 e. The minimum Gasteiger partial charge on any atom is -0.270 e. The Hall–Kier alpha value is -1.66. The second kappa shape index (κ2) is 6.09. The summed E-state index contributed by atoms with van der Waals surface area (Å²) in [6.45, 7) is 6.83. The van der Waals surface area contributed by atoms with Crippen molar-refractivity contribution in [3.05, 3.63) is 47.3 Å². The highest BCUT2D eigenvalue weighted by atomic mass is 32.2. The van der Waals surface area contributed by atoms with Crippen molar-refractivity contribution in [2.75, 3.05) is 13.1 Å². The van der Waals surface area contributed by atoms with Crippen molar-refractivity contribution in [1.29, 1.82) is 0 Å². The number of sulfonamides is 1. The van der Waals surface area contributed by atoms with Crippen LogP contribution >= 0.6 is 0 Å². The van der Waals surface area contributed by atoms with Gasteiger partial charge in [0.2, 0.25) is 10.0 Å². The normalized spacial score (nSPS) is 17.5.